The Labute approximate surface area is 111 Å². The van der Waals surface area contributed by atoms with Crippen molar-refractivity contribution in [3.63, 3.8) is 0 Å². The van der Waals surface area contributed by atoms with Crippen LogP contribution in [-0.2, 0) is 6.61 Å². The van der Waals surface area contributed by atoms with Crippen LogP contribution in [0.3, 0.4) is 0 Å². The zero-order valence-corrected chi connectivity index (χ0v) is 10.6. The number of nitrogens with two attached hydrogens (primary N) is 1. The van der Waals surface area contributed by atoms with Crippen molar-refractivity contribution in [3.05, 3.63) is 59.2 Å². The van der Waals surface area contributed by atoms with Gasteiger partial charge in [-0.25, -0.2) is 4.79 Å². The molecule has 19 heavy (non-hydrogen) atoms. The number of aryl methyl sites for hydroxylation is 1. The molecule has 0 fully saturated rings. The SMILES string of the molecule is Cc1ccc(COc2c(N)cccc2C(=O)O)cc1. The Bertz CT molecular complexity index is 591. The average Bonchev–Trinajstić information content (AvgIpc) is 2.39. The first-order valence-corrected chi connectivity index (χ1v) is 5.88. The van der Waals surface area contributed by atoms with Gasteiger partial charge in [-0.05, 0) is 24.6 Å². The lowest BCUT2D eigenvalue weighted by Gasteiger charge is -2.11. The number of para-hydroxylation sites is 1. The van der Waals surface area contributed by atoms with Gasteiger partial charge in [0.1, 0.15) is 12.2 Å². The van der Waals surface area contributed by atoms with E-state index in [1.54, 1.807) is 12.1 Å². The number of hydrogen-bond donors (Lipinski definition) is 2. The smallest absolute Gasteiger partial charge is 0.339 e. The Hall–Kier alpha value is -2.49. The molecule has 98 valence electrons. The molecule has 0 saturated heterocycles. The van der Waals surface area contributed by atoms with Crippen LogP contribution in [0.15, 0.2) is 42.5 Å². The van der Waals surface area contributed by atoms with Gasteiger partial charge in [-0.2, -0.15) is 0 Å². The van der Waals surface area contributed by atoms with Gasteiger partial charge < -0.3 is 15.6 Å². The summed E-state index contributed by atoms with van der Waals surface area (Å²) in [5.74, 6) is -0.832. The van der Waals surface area contributed by atoms with Gasteiger partial charge in [-0.1, -0.05) is 35.9 Å². The molecule has 2 aromatic rings. The average molecular weight is 257 g/mol. The predicted octanol–water partition coefficient (Wildman–Crippen LogP) is 2.85. The number of anilines is 1. The Morgan fingerprint density at radius 3 is 2.53 bits per heavy atom. The van der Waals surface area contributed by atoms with E-state index in [0.717, 1.165) is 11.1 Å². The van der Waals surface area contributed by atoms with Crippen LogP contribution >= 0.6 is 0 Å². The maximum Gasteiger partial charge on any atom is 0.339 e. The zero-order chi connectivity index (χ0) is 13.8. The summed E-state index contributed by atoms with van der Waals surface area (Å²) in [5.41, 5.74) is 8.29. The standard InChI is InChI=1S/C15H15NO3/c1-10-5-7-11(8-6-10)9-19-14-12(15(17)18)3-2-4-13(14)16/h2-8H,9,16H2,1H3,(H,17,18). The second-order valence-electron chi connectivity index (χ2n) is 4.30. The minimum absolute atomic E-state index is 0.0760. The molecule has 0 spiro atoms. The lowest BCUT2D eigenvalue weighted by molar-refractivity contribution is 0.0692. The van der Waals surface area contributed by atoms with E-state index in [2.05, 4.69) is 0 Å². The number of carboxylic acids is 1. The third-order valence-electron chi connectivity index (χ3n) is 2.78. The third-order valence-corrected chi connectivity index (χ3v) is 2.78. The summed E-state index contributed by atoms with van der Waals surface area (Å²) >= 11 is 0. The topological polar surface area (TPSA) is 72.5 Å². The van der Waals surface area contributed by atoms with E-state index in [1.165, 1.54) is 6.07 Å². The molecular weight excluding hydrogens is 242 g/mol. The predicted molar refractivity (Wildman–Crippen MR) is 73.3 cm³/mol. The number of carbonyl (C=O) groups is 1. The molecule has 0 aliphatic heterocycles. The molecule has 0 amide bonds. The lowest BCUT2D eigenvalue weighted by atomic mass is 10.1. The van der Waals surface area contributed by atoms with Crippen LogP contribution in [0.2, 0.25) is 0 Å². The number of nitrogen functional groups attached to an aromatic ring is 1. The van der Waals surface area contributed by atoms with Crippen molar-refractivity contribution in [2.24, 2.45) is 0 Å². The summed E-state index contributed by atoms with van der Waals surface area (Å²) in [6.45, 7) is 2.29. The van der Waals surface area contributed by atoms with Crippen molar-refractivity contribution >= 4 is 11.7 Å². The molecule has 0 bridgehead atoms. The fourth-order valence-corrected chi connectivity index (χ4v) is 1.72. The van der Waals surface area contributed by atoms with Gasteiger partial charge in [-0.15, -0.1) is 0 Å². The highest BCUT2D eigenvalue weighted by Gasteiger charge is 2.13. The van der Waals surface area contributed by atoms with Crippen molar-refractivity contribution < 1.29 is 14.6 Å². The van der Waals surface area contributed by atoms with Crippen molar-refractivity contribution in [3.8, 4) is 5.75 Å². The maximum absolute atomic E-state index is 11.1. The largest absolute Gasteiger partial charge is 0.486 e. The highest BCUT2D eigenvalue weighted by atomic mass is 16.5. The summed E-state index contributed by atoms with van der Waals surface area (Å²) in [7, 11) is 0. The molecule has 2 aromatic carbocycles. The summed E-state index contributed by atoms with van der Waals surface area (Å²) in [6.07, 6.45) is 0. The van der Waals surface area contributed by atoms with Crippen molar-refractivity contribution in [2.75, 3.05) is 5.73 Å². The van der Waals surface area contributed by atoms with Crippen LogP contribution in [0, 0.1) is 6.92 Å². The van der Waals surface area contributed by atoms with Crippen LogP contribution < -0.4 is 10.5 Å². The summed E-state index contributed by atoms with van der Waals surface area (Å²) in [6, 6.07) is 12.5. The van der Waals surface area contributed by atoms with E-state index in [4.69, 9.17) is 15.6 Å². The summed E-state index contributed by atoms with van der Waals surface area (Å²) in [4.78, 5) is 11.1. The summed E-state index contributed by atoms with van der Waals surface area (Å²) in [5, 5.41) is 9.09. The van der Waals surface area contributed by atoms with Gasteiger partial charge in [0.25, 0.3) is 0 Å². The molecule has 0 saturated carbocycles. The molecular formula is C15H15NO3. The number of carboxylic acid groups (broad SMARTS) is 1. The van der Waals surface area contributed by atoms with E-state index in [9.17, 15) is 4.79 Å². The van der Waals surface area contributed by atoms with Crippen LogP contribution in [-0.4, -0.2) is 11.1 Å². The normalized spacial score (nSPS) is 10.2. The Kier molecular flexibility index (Phi) is 3.71. The van der Waals surface area contributed by atoms with E-state index in [0.29, 0.717) is 5.69 Å². The maximum atomic E-state index is 11.1. The molecule has 4 nitrogen and oxygen atoms in total. The van der Waals surface area contributed by atoms with Crippen molar-refractivity contribution in [1.29, 1.82) is 0 Å². The minimum atomic E-state index is -1.05. The molecule has 2 rings (SSSR count). The molecule has 0 atom stereocenters. The second-order valence-corrected chi connectivity index (χ2v) is 4.30. The number of rotatable bonds is 4. The van der Waals surface area contributed by atoms with Crippen LogP contribution in [0.1, 0.15) is 21.5 Å². The van der Waals surface area contributed by atoms with Gasteiger partial charge in [0, 0.05) is 0 Å². The number of ether oxygens (including phenoxy) is 1. The Morgan fingerprint density at radius 1 is 1.21 bits per heavy atom. The first-order valence-electron chi connectivity index (χ1n) is 5.88. The van der Waals surface area contributed by atoms with Gasteiger partial charge in [-0.3, -0.25) is 0 Å². The van der Waals surface area contributed by atoms with Crippen LogP contribution in [0.5, 0.6) is 5.75 Å². The first-order chi connectivity index (χ1) is 9.08. The number of hydrogen-bond acceptors (Lipinski definition) is 3. The highest BCUT2D eigenvalue weighted by Crippen LogP contribution is 2.27. The minimum Gasteiger partial charge on any atom is -0.486 e. The van der Waals surface area contributed by atoms with E-state index in [1.807, 2.05) is 31.2 Å². The molecule has 0 radical (unpaired) electrons. The summed E-state index contributed by atoms with van der Waals surface area (Å²) < 4.78 is 5.55. The number of benzene rings is 2. The monoisotopic (exact) mass is 257 g/mol. The molecule has 4 heteroatoms. The Balaban J connectivity index is 2.19. The molecule has 0 aliphatic rings. The Morgan fingerprint density at radius 2 is 1.89 bits per heavy atom. The molecule has 0 aromatic heterocycles. The lowest BCUT2D eigenvalue weighted by Crippen LogP contribution is -2.06. The van der Waals surface area contributed by atoms with Gasteiger partial charge >= 0.3 is 5.97 Å². The van der Waals surface area contributed by atoms with Gasteiger partial charge in [0.15, 0.2) is 5.75 Å². The van der Waals surface area contributed by atoms with Gasteiger partial charge in [0.2, 0.25) is 0 Å². The quantitative estimate of drug-likeness (QED) is 0.826. The van der Waals surface area contributed by atoms with Crippen molar-refractivity contribution in [1.82, 2.24) is 0 Å². The second kappa shape index (κ2) is 5.44. The third kappa shape index (κ3) is 3.04. The fourth-order valence-electron chi connectivity index (χ4n) is 1.72. The van der Waals surface area contributed by atoms with E-state index < -0.39 is 5.97 Å². The van der Waals surface area contributed by atoms with Crippen LogP contribution in [0.4, 0.5) is 5.69 Å². The first kappa shape index (κ1) is 13.0. The molecule has 0 unspecified atom stereocenters. The fraction of sp³-hybridized carbons (Fsp3) is 0.133. The number of aromatic carboxylic acids is 1. The van der Waals surface area contributed by atoms with E-state index >= 15 is 0 Å². The van der Waals surface area contributed by atoms with Crippen molar-refractivity contribution in [2.45, 2.75) is 13.5 Å². The highest BCUT2D eigenvalue weighted by molar-refractivity contribution is 5.93. The van der Waals surface area contributed by atoms with E-state index in [-0.39, 0.29) is 17.9 Å². The molecule has 0 aliphatic carbocycles. The zero-order valence-electron chi connectivity index (χ0n) is 10.6. The van der Waals surface area contributed by atoms with Crippen LogP contribution in [0.25, 0.3) is 0 Å². The molecule has 3 N–H and O–H groups in total. The molecule has 0 heterocycles. The van der Waals surface area contributed by atoms with Gasteiger partial charge in [0.05, 0.1) is 5.69 Å².